The number of phenols is 2. The van der Waals surface area contributed by atoms with Crippen LogP contribution in [0.3, 0.4) is 0 Å². The van der Waals surface area contributed by atoms with Gasteiger partial charge < -0.3 is 20.6 Å². The van der Waals surface area contributed by atoms with Crippen LogP contribution in [0.5, 0.6) is 11.5 Å². The maximum Gasteiger partial charge on any atom is 0.124 e. The van der Waals surface area contributed by atoms with Crippen molar-refractivity contribution in [2.24, 2.45) is 0 Å². The summed E-state index contributed by atoms with van der Waals surface area (Å²) >= 11 is 0. The fourth-order valence-electron chi connectivity index (χ4n) is 2.33. The first kappa shape index (κ1) is 15.2. The molecule has 0 amide bonds. The Morgan fingerprint density at radius 2 is 1.90 bits per heavy atom. The summed E-state index contributed by atoms with van der Waals surface area (Å²) in [6.07, 6.45) is 1.59. The Morgan fingerprint density at radius 1 is 1.10 bits per heavy atom. The van der Waals surface area contributed by atoms with Crippen molar-refractivity contribution < 1.29 is 15.3 Å². The molecule has 0 heterocycles. The minimum atomic E-state index is -0.0845. The quantitative estimate of drug-likeness (QED) is 0.658. The third kappa shape index (κ3) is 4.13. The second kappa shape index (κ2) is 6.99. The number of aliphatic hydroxyl groups is 1. The fraction of sp³-hybridized carbons (Fsp3) is 0.294. The van der Waals surface area contributed by atoms with Gasteiger partial charge in [-0.1, -0.05) is 12.1 Å². The predicted octanol–water partition coefficient (Wildman–Crippen LogP) is 3.20. The van der Waals surface area contributed by atoms with Gasteiger partial charge in [-0.2, -0.15) is 0 Å². The molecule has 4 heteroatoms. The Labute approximate surface area is 124 Å². The van der Waals surface area contributed by atoms with E-state index in [0.717, 1.165) is 29.7 Å². The smallest absolute Gasteiger partial charge is 0.124 e. The van der Waals surface area contributed by atoms with E-state index in [1.54, 1.807) is 12.1 Å². The van der Waals surface area contributed by atoms with Crippen LogP contribution in [0.25, 0.3) is 0 Å². The molecule has 1 unspecified atom stereocenters. The van der Waals surface area contributed by atoms with E-state index >= 15 is 0 Å². The molecule has 0 aliphatic carbocycles. The Hall–Kier alpha value is -2.20. The summed E-state index contributed by atoms with van der Waals surface area (Å²) in [7, 11) is 0. The Kier molecular flexibility index (Phi) is 5.06. The van der Waals surface area contributed by atoms with E-state index < -0.39 is 0 Å². The Morgan fingerprint density at radius 3 is 2.62 bits per heavy atom. The maximum absolute atomic E-state index is 9.88. The minimum absolute atomic E-state index is 0.0504. The molecule has 0 fully saturated rings. The molecule has 0 spiro atoms. The molecule has 0 aliphatic rings. The van der Waals surface area contributed by atoms with Crippen LogP contribution in [0.4, 0.5) is 5.69 Å². The summed E-state index contributed by atoms with van der Waals surface area (Å²) in [4.78, 5) is 0. The predicted molar refractivity (Wildman–Crippen MR) is 83.7 cm³/mol. The van der Waals surface area contributed by atoms with Crippen molar-refractivity contribution in [1.82, 2.24) is 0 Å². The number of hydrogen-bond acceptors (Lipinski definition) is 4. The summed E-state index contributed by atoms with van der Waals surface area (Å²) in [6.45, 7) is 2.14. The first-order valence-electron chi connectivity index (χ1n) is 7.08. The lowest BCUT2D eigenvalue weighted by atomic mass is 10.1. The molecule has 1 atom stereocenters. The summed E-state index contributed by atoms with van der Waals surface area (Å²) in [5.41, 5.74) is 2.86. The number of anilines is 1. The summed E-state index contributed by atoms with van der Waals surface area (Å²) < 4.78 is 0. The van der Waals surface area contributed by atoms with E-state index in [9.17, 15) is 10.2 Å². The van der Waals surface area contributed by atoms with Gasteiger partial charge in [0.05, 0.1) is 6.04 Å². The van der Waals surface area contributed by atoms with Crippen molar-refractivity contribution in [2.45, 2.75) is 25.8 Å². The topological polar surface area (TPSA) is 72.7 Å². The van der Waals surface area contributed by atoms with E-state index in [0.29, 0.717) is 0 Å². The molecule has 0 radical (unpaired) electrons. The highest BCUT2D eigenvalue weighted by Crippen LogP contribution is 2.30. The van der Waals surface area contributed by atoms with Gasteiger partial charge in [0, 0.05) is 23.9 Å². The number of hydrogen-bond donors (Lipinski definition) is 4. The minimum Gasteiger partial charge on any atom is -0.508 e. The van der Waals surface area contributed by atoms with E-state index in [-0.39, 0.29) is 24.1 Å². The van der Waals surface area contributed by atoms with Crippen molar-refractivity contribution in [3.8, 4) is 11.5 Å². The number of aromatic hydroxyl groups is 2. The van der Waals surface area contributed by atoms with Gasteiger partial charge in [-0.15, -0.1) is 0 Å². The summed E-state index contributed by atoms with van der Waals surface area (Å²) in [5, 5.41) is 31.4. The highest BCUT2D eigenvalue weighted by Gasteiger charge is 2.11. The Bertz CT molecular complexity index is 598. The number of benzene rings is 2. The molecule has 0 saturated carbocycles. The normalized spacial score (nSPS) is 12.1. The third-order valence-electron chi connectivity index (χ3n) is 3.41. The second-order valence-corrected chi connectivity index (χ2v) is 5.14. The molecule has 2 rings (SSSR count). The van der Waals surface area contributed by atoms with E-state index in [1.807, 2.05) is 31.2 Å². The summed E-state index contributed by atoms with van der Waals surface area (Å²) in [5.74, 6) is 0.126. The first-order valence-corrected chi connectivity index (χ1v) is 7.08. The van der Waals surface area contributed by atoms with Crippen LogP contribution < -0.4 is 5.32 Å². The van der Waals surface area contributed by atoms with Crippen LogP contribution in [0.2, 0.25) is 0 Å². The van der Waals surface area contributed by atoms with Crippen LogP contribution in [0.15, 0.2) is 42.5 Å². The molecular formula is C17H21NO3. The highest BCUT2D eigenvalue weighted by molar-refractivity contribution is 5.50. The fourth-order valence-corrected chi connectivity index (χ4v) is 2.33. The van der Waals surface area contributed by atoms with Crippen molar-refractivity contribution in [3.63, 3.8) is 0 Å². The molecule has 0 saturated heterocycles. The zero-order valence-corrected chi connectivity index (χ0v) is 12.1. The van der Waals surface area contributed by atoms with Crippen LogP contribution in [-0.4, -0.2) is 21.9 Å². The highest BCUT2D eigenvalue weighted by atomic mass is 16.3. The van der Waals surface area contributed by atoms with Crippen molar-refractivity contribution in [3.05, 3.63) is 53.6 Å². The standard InChI is InChI=1S/C17H21NO3/c1-12(16-8-7-15(20)11-17(16)21)18-14-6-2-4-13(10-14)5-3-9-19/h2,4,6-8,10-12,18-21H,3,5,9H2,1H3. The number of aryl methyl sites for hydroxylation is 1. The van der Waals surface area contributed by atoms with Gasteiger partial charge in [-0.3, -0.25) is 0 Å². The molecule has 0 aromatic heterocycles. The zero-order valence-electron chi connectivity index (χ0n) is 12.1. The molecule has 2 aromatic rings. The van der Waals surface area contributed by atoms with Gasteiger partial charge in [-0.05, 0) is 49.6 Å². The largest absolute Gasteiger partial charge is 0.508 e. The zero-order chi connectivity index (χ0) is 15.2. The lowest BCUT2D eigenvalue weighted by Gasteiger charge is -2.17. The van der Waals surface area contributed by atoms with Crippen molar-refractivity contribution in [2.75, 3.05) is 11.9 Å². The van der Waals surface area contributed by atoms with Gasteiger partial charge in [0.1, 0.15) is 11.5 Å². The van der Waals surface area contributed by atoms with Gasteiger partial charge >= 0.3 is 0 Å². The molecule has 0 bridgehead atoms. The first-order chi connectivity index (χ1) is 10.1. The van der Waals surface area contributed by atoms with Gasteiger partial charge in [0.2, 0.25) is 0 Å². The Balaban J connectivity index is 2.10. The van der Waals surface area contributed by atoms with Crippen LogP contribution in [0.1, 0.15) is 30.5 Å². The summed E-state index contributed by atoms with van der Waals surface area (Å²) in [6, 6.07) is 12.5. The van der Waals surface area contributed by atoms with Crippen LogP contribution in [-0.2, 0) is 6.42 Å². The number of phenolic OH excluding ortho intramolecular Hbond substituents is 2. The van der Waals surface area contributed by atoms with Crippen molar-refractivity contribution in [1.29, 1.82) is 0 Å². The van der Waals surface area contributed by atoms with Gasteiger partial charge in [0.25, 0.3) is 0 Å². The second-order valence-electron chi connectivity index (χ2n) is 5.14. The van der Waals surface area contributed by atoms with Gasteiger partial charge in [0.15, 0.2) is 0 Å². The SMILES string of the molecule is CC(Nc1cccc(CCCO)c1)c1ccc(O)cc1O. The van der Waals surface area contributed by atoms with Crippen LogP contribution >= 0.6 is 0 Å². The lowest BCUT2D eigenvalue weighted by molar-refractivity contribution is 0.288. The van der Waals surface area contributed by atoms with Crippen molar-refractivity contribution >= 4 is 5.69 Å². The monoisotopic (exact) mass is 287 g/mol. The lowest BCUT2D eigenvalue weighted by Crippen LogP contribution is -2.07. The van der Waals surface area contributed by atoms with E-state index in [1.165, 1.54) is 6.07 Å². The molecule has 4 N–H and O–H groups in total. The molecule has 0 aliphatic heterocycles. The van der Waals surface area contributed by atoms with E-state index in [4.69, 9.17) is 5.11 Å². The number of aliphatic hydroxyl groups excluding tert-OH is 1. The molecule has 2 aromatic carbocycles. The van der Waals surface area contributed by atoms with Crippen LogP contribution in [0, 0.1) is 0 Å². The maximum atomic E-state index is 9.88. The molecule has 21 heavy (non-hydrogen) atoms. The average Bonchev–Trinajstić information content (AvgIpc) is 2.45. The molecule has 4 nitrogen and oxygen atoms in total. The molecule has 112 valence electrons. The van der Waals surface area contributed by atoms with Gasteiger partial charge in [-0.25, -0.2) is 0 Å². The number of rotatable bonds is 6. The number of nitrogens with one attached hydrogen (secondary N) is 1. The molecular weight excluding hydrogens is 266 g/mol. The van der Waals surface area contributed by atoms with E-state index in [2.05, 4.69) is 5.32 Å². The average molecular weight is 287 g/mol. The third-order valence-corrected chi connectivity index (χ3v) is 3.41.